The molecule has 0 bridgehead atoms. The van der Waals surface area contributed by atoms with Gasteiger partial charge >= 0.3 is 0 Å². The molecule has 0 aromatic carbocycles. The molecule has 0 atom stereocenters. The zero-order valence-corrected chi connectivity index (χ0v) is 20.4. The molecule has 2 amide bonds. The standard InChI is InChI=1S/C22H26N4O3S3/c1-2-3-6-10-26-21(29)17-13-7-4-5-8-15(13)32-20(17)25-22(26)31-12-16(27)24-19-14(18(23)28)9-11-30-19/h9,11H,2-8,10,12H2,1H3,(H2,23,28)(H,24,27). The number of aromatic nitrogens is 2. The van der Waals surface area contributed by atoms with E-state index < -0.39 is 5.91 Å². The van der Waals surface area contributed by atoms with Crippen molar-refractivity contribution in [2.24, 2.45) is 5.73 Å². The van der Waals surface area contributed by atoms with Crippen LogP contribution in [0, 0.1) is 0 Å². The van der Waals surface area contributed by atoms with E-state index >= 15 is 0 Å². The minimum Gasteiger partial charge on any atom is -0.366 e. The molecule has 0 fully saturated rings. The number of thioether (sulfide) groups is 1. The second-order valence-electron chi connectivity index (χ2n) is 7.81. The highest BCUT2D eigenvalue weighted by atomic mass is 32.2. The van der Waals surface area contributed by atoms with E-state index in [0.29, 0.717) is 22.3 Å². The number of fused-ring (bicyclic) bond motifs is 3. The zero-order chi connectivity index (χ0) is 22.7. The van der Waals surface area contributed by atoms with Gasteiger partial charge in [0, 0.05) is 11.4 Å². The van der Waals surface area contributed by atoms with E-state index in [1.165, 1.54) is 33.5 Å². The molecule has 0 saturated heterocycles. The van der Waals surface area contributed by atoms with E-state index in [0.717, 1.165) is 55.2 Å². The summed E-state index contributed by atoms with van der Waals surface area (Å²) in [6, 6.07) is 1.59. The van der Waals surface area contributed by atoms with Crippen LogP contribution >= 0.6 is 34.4 Å². The number of nitrogens with zero attached hydrogens (tertiary/aromatic N) is 2. The SMILES string of the molecule is CCCCCn1c(SCC(=O)Nc2sccc2C(N)=O)nc2sc3c(c2c1=O)CCCC3. The topological polar surface area (TPSA) is 107 Å². The molecule has 3 aromatic rings. The van der Waals surface area contributed by atoms with E-state index in [-0.39, 0.29) is 17.2 Å². The Labute approximate surface area is 198 Å². The van der Waals surface area contributed by atoms with Crippen molar-refractivity contribution in [1.29, 1.82) is 0 Å². The molecule has 170 valence electrons. The number of amides is 2. The summed E-state index contributed by atoms with van der Waals surface area (Å²) >= 11 is 4.13. The van der Waals surface area contributed by atoms with Gasteiger partial charge < -0.3 is 11.1 Å². The summed E-state index contributed by atoms with van der Waals surface area (Å²) in [5, 5.41) is 6.26. The Balaban J connectivity index is 1.59. The molecule has 7 nitrogen and oxygen atoms in total. The van der Waals surface area contributed by atoms with Crippen LogP contribution in [0.25, 0.3) is 10.2 Å². The second-order valence-corrected chi connectivity index (χ2v) is 10.8. The fourth-order valence-corrected chi connectivity index (χ4v) is 6.88. The number of rotatable bonds is 9. The lowest BCUT2D eigenvalue weighted by atomic mass is 9.97. The summed E-state index contributed by atoms with van der Waals surface area (Å²) in [6.07, 6.45) is 7.21. The maximum atomic E-state index is 13.5. The average Bonchev–Trinajstić information content (AvgIpc) is 3.38. The first-order chi connectivity index (χ1) is 15.5. The van der Waals surface area contributed by atoms with Gasteiger partial charge in [-0.25, -0.2) is 4.98 Å². The molecule has 0 saturated carbocycles. The van der Waals surface area contributed by atoms with Crippen molar-refractivity contribution in [3.05, 3.63) is 37.8 Å². The summed E-state index contributed by atoms with van der Waals surface area (Å²) < 4.78 is 1.75. The van der Waals surface area contributed by atoms with Gasteiger partial charge in [-0.2, -0.15) is 0 Å². The van der Waals surface area contributed by atoms with Crippen LogP contribution in [-0.2, 0) is 24.2 Å². The Hall–Kier alpha value is -2.17. The Morgan fingerprint density at radius 2 is 2.09 bits per heavy atom. The molecule has 3 heterocycles. The summed E-state index contributed by atoms with van der Waals surface area (Å²) in [5.74, 6) is -0.750. The van der Waals surface area contributed by atoms with Crippen molar-refractivity contribution in [2.45, 2.75) is 63.6 Å². The molecule has 0 spiro atoms. The number of nitrogens with one attached hydrogen (secondary N) is 1. The first-order valence-corrected chi connectivity index (χ1v) is 13.5. The van der Waals surface area contributed by atoms with Crippen LogP contribution in [-0.4, -0.2) is 27.1 Å². The molecule has 1 aliphatic rings. The third kappa shape index (κ3) is 4.77. The number of carbonyl (C=O) groups excluding carboxylic acids is 2. The molecular weight excluding hydrogens is 464 g/mol. The fraction of sp³-hybridized carbons (Fsp3) is 0.455. The normalized spacial score (nSPS) is 13.3. The average molecular weight is 491 g/mol. The quantitative estimate of drug-likeness (QED) is 0.262. The first-order valence-electron chi connectivity index (χ1n) is 10.8. The Kier molecular flexibility index (Phi) is 7.32. The summed E-state index contributed by atoms with van der Waals surface area (Å²) in [7, 11) is 0. The molecule has 0 aliphatic heterocycles. The lowest BCUT2D eigenvalue weighted by Crippen LogP contribution is -2.25. The van der Waals surface area contributed by atoms with Crippen molar-refractivity contribution in [3.8, 4) is 0 Å². The highest BCUT2D eigenvalue weighted by Gasteiger charge is 2.22. The predicted molar refractivity (Wildman–Crippen MR) is 132 cm³/mol. The molecule has 1 aliphatic carbocycles. The molecule has 10 heteroatoms. The van der Waals surface area contributed by atoms with Crippen molar-refractivity contribution >= 4 is 61.5 Å². The van der Waals surface area contributed by atoms with Crippen molar-refractivity contribution in [3.63, 3.8) is 0 Å². The monoisotopic (exact) mass is 490 g/mol. The summed E-state index contributed by atoms with van der Waals surface area (Å²) in [4.78, 5) is 44.4. The van der Waals surface area contributed by atoms with E-state index in [4.69, 9.17) is 10.7 Å². The lowest BCUT2D eigenvalue weighted by Gasteiger charge is -2.13. The molecule has 0 unspecified atom stereocenters. The van der Waals surface area contributed by atoms with Gasteiger partial charge in [-0.05, 0) is 49.1 Å². The number of hydrogen-bond donors (Lipinski definition) is 2. The Morgan fingerprint density at radius 3 is 2.88 bits per heavy atom. The van der Waals surface area contributed by atoms with Crippen LogP contribution in [0.5, 0.6) is 0 Å². The predicted octanol–water partition coefficient (Wildman–Crippen LogP) is 4.42. The van der Waals surface area contributed by atoms with Crippen LogP contribution in [0.4, 0.5) is 5.00 Å². The fourth-order valence-electron chi connectivity index (χ4n) is 3.94. The van der Waals surface area contributed by atoms with Crippen LogP contribution in [0.1, 0.15) is 59.8 Å². The number of unbranched alkanes of at least 4 members (excludes halogenated alkanes) is 2. The summed E-state index contributed by atoms with van der Waals surface area (Å²) in [5.41, 5.74) is 6.85. The number of carbonyl (C=O) groups is 2. The maximum absolute atomic E-state index is 13.5. The van der Waals surface area contributed by atoms with E-state index in [1.54, 1.807) is 27.4 Å². The first kappa shape index (κ1) is 23.0. The van der Waals surface area contributed by atoms with Crippen LogP contribution in [0.2, 0.25) is 0 Å². The molecule has 32 heavy (non-hydrogen) atoms. The number of primary amides is 1. The summed E-state index contributed by atoms with van der Waals surface area (Å²) in [6.45, 7) is 2.73. The van der Waals surface area contributed by atoms with Crippen LogP contribution < -0.4 is 16.6 Å². The highest BCUT2D eigenvalue weighted by Crippen LogP contribution is 2.35. The van der Waals surface area contributed by atoms with Gasteiger partial charge in [0.1, 0.15) is 9.83 Å². The smallest absolute Gasteiger partial charge is 0.263 e. The van der Waals surface area contributed by atoms with Gasteiger partial charge in [-0.3, -0.25) is 19.0 Å². The Bertz CT molecular complexity index is 1210. The minimum absolute atomic E-state index is 0.0164. The van der Waals surface area contributed by atoms with E-state index in [2.05, 4.69) is 12.2 Å². The van der Waals surface area contributed by atoms with E-state index in [1.807, 2.05) is 0 Å². The van der Waals surface area contributed by atoms with Gasteiger partial charge in [0.2, 0.25) is 5.91 Å². The minimum atomic E-state index is -0.576. The third-order valence-corrected chi connectivity index (χ3v) is 8.53. The van der Waals surface area contributed by atoms with Crippen molar-refractivity contribution < 1.29 is 9.59 Å². The van der Waals surface area contributed by atoms with Gasteiger partial charge in [-0.1, -0.05) is 31.5 Å². The maximum Gasteiger partial charge on any atom is 0.263 e. The van der Waals surface area contributed by atoms with Gasteiger partial charge in [-0.15, -0.1) is 22.7 Å². The van der Waals surface area contributed by atoms with Crippen molar-refractivity contribution in [2.75, 3.05) is 11.1 Å². The van der Waals surface area contributed by atoms with Crippen LogP contribution in [0.3, 0.4) is 0 Å². The van der Waals surface area contributed by atoms with E-state index in [9.17, 15) is 14.4 Å². The molecule has 4 rings (SSSR count). The number of nitrogens with two attached hydrogens (primary N) is 1. The van der Waals surface area contributed by atoms with Gasteiger partial charge in [0.25, 0.3) is 11.5 Å². The number of aryl methyl sites for hydroxylation is 2. The molecule has 3 N–H and O–H groups in total. The lowest BCUT2D eigenvalue weighted by molar-refractivity contribution is -0.113. The number of anilines is 1. The zero-order valence-electron chi connectivity index (χ0n) is 17.9. The van der Waals surface area contributed by atoms with Gasteiger partial charge in [0.05, 0.1) is 16.7 Å². The molecule has 0 radical (unpaired) electrons. The largest absolute Gasteiger partial charge is 0.366 e. The number of hydrogen-bond acceptors (Lipinski definition) is 7. The van der Waals surface area contributed by atoms with Gasteiger partial charge in [0.15, 0.2) is 5.16 Å². The number of thiophene rings is 2. The second kappa shape index (κ2) is 10.2. The third-order valence-electron chi connectivity index (χ3n) is 5.54. The highest BCUT2D eigenvalue weighted by molar-refractivity contribution is 7.99. The Morgan fingerprint density at radius 1 is 1.28 bits per heavy atom. The molecular formula is C22H26N4O3S3. The van der Waals surface area contributed by atoms with Crippen molar-refractivity contribution in [1.82, 2.24) is 9.55 Å². The van der Waals surface area contributed by atoms with Crippen LogP contribution in [0.15, 0.2) is 21.4 Å². The molecule has 3 aromatic heterocycles.